The van der Waals surface area contributed by atoms with E-state index in [4.69, 9.17) is 0 Å². The number of H-pyrrole nitrogens is 1. The molecule has 0 spiro atoms. The molecule has 0 atom stereocenters. The van der Waals surface area contributed by atoms with Gasteiger partial charge in [0.1, 0.15) is 16.6 Å². The molecular weight excluding hydrogens is 454 g/mol. The molecule has 4 rings (SSSR count). The predicted molar refractivity (Wildman–Crippen MR) is 122 cm³/mol. The van der Waals surface area contributed by atoms with Crippen molar-refractivity contribution >= 4 is 34.7 Å². The van der Waals surface area contributed by atoms with Gasteiger partial charge in [-0.3, -0.25) is 9.59 Å². The molecule has 10 heteroatoms. The lowest BCUT2D eigenvalue weighted by Gasteiger charge is -2.07. The highest BCUT2D eigenvalue weighted by molar-refractivity contribution is 7.99. The maximum Gasteiger partial charge on any atom is 0.252 e. The van der Waals surface area contributed by atoms with Crippen molar-refractivity contribution in [2.45, 2.75) is 12.1 Å². The lowest BCUT2D eigenvalue weighted by Crippen LogP contribution is -2.16. The SMILES string of the molecule is Cc1nc(-c2ccccc2)sc1-c1cc(=O)[nH]c(SCC(=O)Nc2cc(F)ccc2F)n1. The average Bonchev–Trinajstić information content (AvgIpc) is 3.17. The topological polar surface area (TPSA) is 87.7 Å². The second-order valence-electron chi connectivity index (χ2n) is 6.70. The first kappa shape index (κ1) is 21.8. The van der Waals surface area contributed by atoms with E-state index < -0.39 is 17.5 Å². The first-order valence-corrected chi connectivity index (χ1v) is 11.2. The van der Waals surface area contributed by atoms with E-state index in [-0.39, 0.29) is 22.2 Å². The van der Waals surface area contributed by atoms with E-state index >= 15 is 0 Å². The van der Waals surface area contributed by atoms with E-state index in [1.54, 1.807) is 0 Å². The number of aryl methyl sites for hydroxylation is 1. The van der Waals surface area contributed by atoms with Crippen LogP contribution in [-0.2, 0) is 4.79 Å². The van der Waals surface area contributed by atoms with Gasteiger partial charge in [0.15, 0.2) is 5.16 Å². The van der Waals surface area contributed by atoms with E-state index in [1.165, 1.54) is 17.4 Å². The molecule has 0 aliphatic heterocycles. The zero-order chi connectivity index (χ0) is 22.7. The lowest BCUT2D eigenvalue weighted by molar-refractivity contribution is -0.113. The van der Waals surface area contributed by atoms with E-state index in [0.29, 0.717) is 5.69 Å². The smallest absolute Gasteiger partial charge is 0.252 e. The number of nitrogens with zero attached hydrogens (tertiary/aromatic N) is 2. The molecule has 0 aliphatic carbocycles. The average molecular weight is 471 g/mol. The molecule has 0 radical (unpaired) electrons. The molecule has 0 fully saturated rings. The van der Waals surface area contributed by atoms with E-state index in [9.17, 15) is 18.4 Å². The number of hydrogen-bond acceptors (Lipinski definition) is 6. The minimum absolute atomic E-state index is 0.153. The first-order valence-electron chi connectivity index (χ1n) is 9.41. The summed E-state index contributed by atoms with van der Waals surface area (Å²) >= 11 is 2.40. The van der Waals surface area contributed by atoms with E-state index in [1.807, 2.05) is 37.3 Å². The van der Waals surface area contributed by atoms with Crippen molar-refractivity contribution < 1.29 is 13.6 Å². The van der Waals surface area contributed by atoms with Gasteiger partial charge < -0.3 is 10.3 Å². The van der Waals surface area contributed by atoms with Crippen LogP contribution in [-0.4, -0.2) is 26.6 Å². The molecule has 2 heterocycles. The fourth-order valence-electron chi connectivity index (χ4n) is 2.87. The predicted octanol–water partition coefficient (Wildman–Crippen LogP) is 4.88. The van der Waals surface area contributed by atoms with Crippen LogP contribution in [0.15, 0.2) is 64.5 Å². The molecule has 4 aromatic rings. The Hall–Kier alpha value is -3.37. The number of halogens is 2. The highest BCUT2D eigenvalue weighted by Crippen LogP contribution is 2.34. The number of benzene rings is 2. The lowest BCUT2D eigenvalue weighted by atomic mass is 10.2. The molecule has 6 nitrogen and oxygen atoms in total. The first-order chi connectivity index (χ1) is 15.4. The number of anilines is 1. The summed E-state index contributed by atoms with van der Waals surface area (Å²) < 4.78 is 27.0. The van der Waals surface area contributed by atoms with Crippen molar-refractivity contribution in [3.05, 3.63) is 82.3 Å². The molecule has 1 amide bonds. The molecule has 0 bridgehead atoms. The van der Waals surface area contributed by atoms with Gasteiger partial charge in [0.25, 0.3) is 5.56 Å². The minimum atomic E-state index is -0.742. The molecule has 0 unspecified atom stereocenters. The van der Waals surface area contributed by atoms with Gasteiger partial charge in [-0.25, -0.2) is 18.7 Å². The van der Waals surface area contributed by atoms with E-state index in [0.717, 1.165) is 51.1 Å². The third kappa shape index (κ3) is 5.09. The molecule has 162 valence electrons. The van der Waals surface area contributed by atoms with Gasteiger partial charge in [0, 0.05) is 17.7 Å². The van der Waals surface area contributed by atoms with Crippen LogP contribution in [0.25, 0.3) is 21.1 Å². The van der Waals surface area contributed by atoms with Crippen molar-refractivity contribution in [1.82, 2.24) is 15.0 Å². The summed E-state index contributed by atoms with van der Waals surface area (Å²) in [6, 6.07) is 13.8. The van der Waals surface area contributed by atoms with Crippen LogP contribution in [0.2, 0.25) is 0 Å². The molecule has 0 aliphatic rings. The zero-order valence-corrected chi connectivity index (χ0v) is 18.3. The summed E-state index contributed by atoms with van der Waals surface area (Å²) in [4.78, 5) is 36.7. The van der Waals surface area contributed by atoms with Crippen LogP contribution in [0.4, 0.5) is 14.5 Å². The van der Waals surface area contributed by atoms with Crippen molar-refractivity contribution in [3.8, 4) is 21.1 Å². The number of thioether (sulfide) groups is 1. The van der Waals surface area contributed by atoms with Crippen LogP contribution in [0, 0.1) is 18.6 Å². The number of carbonyl (C=O) groups is 1. The molecular formula is C22H16F2N4O2S2. The van der Waals surface area contributed by atoms with Crippen molar-refractivity contribution in [2.24, 2.45) is 0 Å². The fourth-order valence-corrected chi connectivity index (χ4v) is 4.58. The van der Waals surface area contributed by atoms with Crippen molar-refractivity contribution in [1.29, 1.82) is 0 Å². The number of thiazole rings is 1. The number of aromatic nitrogens is 3. The van der Waals surface area contributed by atoms with Crippen LogP contribution in [0.5, 0.6) is 0 Å². The Labute approximate surface area is 189 Å². The Balaban J connectivity index is 1.51. The summed E-state index contributed by atoms with van der Waals surface area (Å²) in [5.41, 5.74) is 1.53. The maximum absolute atomic E-state index is 13.7. The highest BCUT2D eigenvalue weighted by Gasteiger charge is 2.15. The van der Waals surface area contributed by atoms with Crippen LogP contribution in [0.1, 0.15) is 5.69 Å². The minimum Gasteiger partial charge on any atom is -0.323 e. The summed E-state index contributed by atoms with van der Waals surface area (Å²) in [6.07, 6.45) is 0. The van der Waals surface area contributed by atoms with E-state index in [2.05, 4.69) is 20.3 Å². The highest BCUT2D eigenvalue weighted by atomic mass is 32.2. The Bertz CT molecular complexity index is 1340. The van der Waals surface area contributed by atoms with Gasteiger partial charge in [-0.05, 0) is 19.1 Å². The molecule has 0 saturated carbocycles. The van der Waals surface area contributed by atoms with Crippen molar-refractivity contribution in [3.63, 3.8) is 0 Å². The second kappa shape index (κ2) is 9.41. The van der Waals surface area contributed by atoms with Crippen molar-refractivity contribution in [2.75, 3.05) is 11.1 Å². The number of aromatic amines is 1. The fraction of sp³-hybridized carbons (Fsp3) is 0.0909. The monoisotopic (exact) mass is 470 g/mol. The number of nitrogens with one attached hydrogen (secondary N) is 2. The largest absolute Gasteiger partial charge is 0.323 e. The Morgan fingerprint density at radius 1 is 1.12 bits per heavy atom. The number of carbonyl (C=O) groups excluding carboxylic acids is 1. The van der Waals surface area contributed by atoms with Crippen LogP contribution in [0.3, 0.4) is 0 Å². The third-order valence-corrected chi connectivity index (χ3v) is 6.41. The Morgan fingerprint density at radius 2 is 1.91 bits per heavy atom. The van der Waals surface area contributed by atoms with Gasteiger partial charge in [-0.1, -0.05) is 42.1 Å². The van der Waals surface area contributed by atoms with Gasteiger partial charge in [0.2, 0.25) is 5.91 Å². The summed E-state index contributed by atoms with van der Waals surface area (Å²) in [7, 11) is 0. The van der Waals surface area contributed by atoms with Gasteiger partial charge in [0.05, 0.1) is 27.7 Å². The van der Waals surface area contributed by atoms with Gasteiger partial charge >= 0.3 is 0 Å². The van der Waals surface area contributed by atoms with Gasteiger partial charge in [-0.2, -0.15) is 0 Å². The van der Waals surface area contributed by atoms with Gasteiger partial charge in [-0.15, -0.1) is 11.3 Å². The second-order valence-corrected chi connectivity index (χ2v) is 8.66. The number of amides is 1. The molecule has 32 heavy (non-hydrogen) atoms. The van der Waals surface area contributed by atoms with Crippen LogP contribution < -0.4 is 10.9 Å². The quantitative estimate of drug-likeness (QED) is 0.310. The Morgan fingerprint density at radius 3 is 2.69 bits per heavy atom. The summed E-state index contributed by atoms with van der Waals surface area (Å²) in [6.45, 7) is 1.84. The summed E-state index contributed by atoms with van der Waals surface area (Å²) in [5, 5.41) is 3.35. The zero-order valence-electron chi connectivity index (χ0n) is 16.7. The maximum atomic E-state index is 13.7. The molecule has 2 aromatic heterocycles. The molecule has 0 saturated heterocycles. The standard InChI is InChI=1S/C22H16F2N4O2S2/c1-12-20(32-21(25-12)13-5-3-2-4-6-13)17-10-18(29)28-22(27-17)31-11-19(30)26-16-9-14(23)7-8-15(16)24/h2-10H,11H2,1H3,(H,26,30)(H,27,28,29). The normalized spacial score (nSPS) is 10.8. The number of hydrogen-bond donors (Lipinski definition) is 2. The van der Waals surface area contributed by atoms with Crippen LogP contribution >= 0.6 is 23.1 Å². The summed E-state index contributed by atoms with van der Waals surface area (Å²) in [5.74, 6) is -2.12. The molecule has 2 N–H and O–H groups in total. The Kier molecular flexibility index (Phi) is 6.42. The molecule has 2 aromatic carbocycles. The third-order valence-electron chi connectivity index (χ3n) is 4.31. The number of rotatable bonds is 6.